The van der Waals surface area contributed by atoms with Gasteiger partial charge in [-0.15, -0.1) is 11.3 Å². The molecule has 1 atom stereocenters. The predicted molar refractivity (Wildman–Crippen MR) is 233 cm³/mol. The largest absolute Gasteiger partial charge is 0.455 e. The number of para-hydroxylation sites is 1. The average molecular weight is 736 g/mol. The van der Waals surface area contributed by atoms with Crippen LogP contribution in [0.15, 0.2) is 186 Å². The fourth-order valence-corrected chi connectivity index (χ4v) is 9.37. The summed E-state index contributed by atoms with van der Waals surface area (Å²) in [7, 11) is 0. The molecule has 7 aromatic carbocycles. The van der Waals surface area contributed by atoms with Gasteiger partial charge in [-0.05, 0) is 52.9 Å². The zero-order valence-corrected chi connectivity index (χ0v) is 31.1. The lowest BCUT2D eigenvalue weighted by molar-refractivity contribution is 0.670. The Morgan fingerprint density at radius 2 is 1.11 bits per heavy atom. The first kappa shape index (κ1) is 32.5. The first-order valence-electron chi connectivity index (χ1n) is 19.0. The molecule has 1 unspecified atom stereocenters. The van der Waals surface area contributed by atoms with E-state index in [1.54, 1.807) is 0 Å². The Balaban J connectivity index is 1.13. The van der Waals surface area contributed by atoms with Crippen LogP contribution in [0.3, 0.4) is 0 Å². The lowest BCUT2D eigenvalue weighted by Crippen LogP contribution is -2.09. The van der Waals surface area contributed by atoms with Gasteiger partial charge in [0.05, 0.1) is 0 Å². The molecule has 3 aromatic heterocycles. The lowest BCUT2D eigenvalue weighted by atomic mass is 9.86. The Kier molecular flexibility index (Phi) is 7.78. The zero-order valence-electron chi connectivity index (χ0n) is 30.3. The van der Waals surface area contributed by atoms with Crippen molar-refractivity contribution in [3.63, 3.8) is 0 Å². The van der Waals surface area contributed by atoms with E-state index in [9.17, 15) is 0 Å². The second-order valence-electron chi connectivity index (χ2n) is 14.2. The molecule has 4 nitrogen and oxygen atoms in total. The van der Waals surface area contributed by atoms with Crippen molar-refractivity contribution < 1.29 is 4.42 Å². The molecule has 0 spiro atoms. The van der Waals surface area contributed by atoms with E-state index in [1.807, 2.05) is 47.7 Å². The monoisotopic (exact) mass is 735 g/mol. The van der Waals surface area contributed by atoms with Crippen molar-refractivity contribution >= 4 is 59.0 Å². The third kappa shape index (κ3) is 5.47. The number of furan rings is 1. The number of allylic oxidation sites excluding steroid dienone is 4. The van der Waals surface area contributed by atoms with E-state index in [0.29, 0.717) is 11.6 Å². The van der Waals surface area contributed by atoms with Crippen LogP contribution in [0.5, 0.6) is 0 Å². The molecule has 0 saturated heterocycles. The van der Waals surface area contributed by atoms with Crippen LogP contribution in [0.2, 0.25) is 0 Å². The number of fused-ring (bicyclic) bond motifs is 6. The number of aromatic nitrogens is 3. The summed E-state index contributed by atoms with van der Waals surface area (Å²) in [5, 5.41) is 4.72. The highest BCUT2D eigenvalue weighted by atomic mass is 32.1. The van der Waals surface area contributed by atoms with Gasteiger partial charge in [-0.2, -0.15) is 0 Å². The van der Waals surface area contributed by atoms with Gasteiger partial charge in [0.1, 0.15) is 17.0 Å². The number of benzene rings is 7. The van der Waals surface area contributed by atoms with E-state index in [-0.39, 0.29) is 5.92 Å². The molecular formula is C51H33N3OS. The minimum Gasteiger partial charge on any atom is -0.455 e. The second-order valence-corrected chi connectivity index (χ2v) is 15.3. The number of hydrogen-bond donors (Lipinski definition) is 0. The Labute approximate surface area is 327 Å². The molecule has 56 heavy (non-hydrogen) atoms. The fraction of sp³-hybridized carbons (Fsp3) is 0.0392. The molecule has 0 aliphatic heterocycles. The maximum Gasteiger partial charge on any atom is 0.163 e. The molecule has 11 rings (SSSR count). The minimum absolute atomic E-state index is 0.0496. The Morgan fingerprint density at radius 3 is 1.84 bits per heavy atom. The van der Waals surface area contributed by atoms with Crippen LogP contribution in [0.1, 0.15) is 23.7 Å². The molecule has 0 bridgehead atoms. The van der Waals surface area contributed by atoms with Crippen LogP contribution in [0.4, 0.5) is 0 Å². The van der Waals surface area contributed by atoms with Crippen molar-refractivity contribution in [2.75, 3.05) is 0 Å². The molecule has 264 valence electrons. The van der Waals surface area contributed by atoms with E-state index >= 15 is 0 Å². The fourth-order valence-electron chi connectivity index (χ4n) is 8.25. The van der Waals surface area contributed by atoms with Gasteiger partial charge in [0.2, 0.25) is 0 Å². The topological polar surface area (TPSA) is 51.8 Å². The van der Waals surface area contributed by atoms with E-state index in [4.69, 9.17) is 19.4 Å². The summed E-state index contributed by atoms with van der Waals surface area (Å²) in [5.74, 6) is 2.06. The summed E-state index contributed by atoms with van der Waals surface area (Å²) in [6.07, 6.45) is 7.61. The van der Waals surface area contributed by atoms with Crippen molar-refractivity contribution in [1.29, 1.82) is 0 Å². The number of rotatable bonds is 6. The van der Waals surface area contributed by atoms with Gasteiger partial charge >= 0.3 is 0 Å². The number of nitrogens with zero attached hydrogens (tertiary/aromatic N) is 3. The van der Waals surface area contributed by atoms with E-state index < -0.39 is 0 Å². The summed E-state index contributed by atoms with van der Waals surface area (Å²) >= 11 is 1.84. The van der Waals surface area contributed by atoms with Gasteiger partial charge in [0, 0.05) is 59.1 Å². The number of thiophene rings is 1. The third-order valence-electron chi connectivity index (χ3n) is 10.9. The minimum atomic E-state index is -0.0496. The lowest BCUT2D eigenvalue weighted by Gasteiger charge is -2.19. The summed E-state index contributed by atoms with van der Waals surface area (Å²) in [6, 6.07) is 57.4. The molecule has 0 radical (unpaired) electrons. The maximum absolute atomic E-state index is 6.96. The van der Waals surface area contributed by atoms with Crippen LogP contribution in [0.25, 0.3) is 92.7 Å². The van der Waals surface area contributed by atoms with E-state index in [0.717, 1.165) is 62.0 Å². The van der Waals surface area contributed by atoms with Crippen molar-refractivity contribution in [3.05, 3.63) is 193 Å². The summed E-state index contributed by atoms with van der Waals surface area (Å²) < 4.78 is 9.50. The highest BCUT2D eigenvalue weighted by Gasteiger charge is 2.25. The molecule has 1 aliphatic rings. The Morgan fingerprint density at radius 1 is 0.500 bits per heavy atom. The van der Waals surface area contributed by atoms with Crippen LogP contribution in [0, 0.1) is 0 Å². The summed E-state index contributed by atoms with van der Waals surface area (Å²) in [5.41, 5.74) is 10.6. The molecule has 0 N–H and O–H groups in total. The normalized spacial score (nSPS) is 14.2. The molecule has 0 amide bonds. The van der Waals surface area contributed by atoms with Gasteiger partial charge in [-0.3, -0.25) is 0 Å². The maximum atomic E-state index is 6.96. The molecule has 1 aliphatic carbocycles. The average Bonchev–Trinajstić information content (AvgIpc) is 3.86. The van der Waals surface area contributed by atoms with Gasteiger partial charge < -0.3 is 4.42 Å². The molecule has 5 heteroatoms. The smallest absolute Gasteiger partial charge is 0.163 e. The highest BCUT2D eigenvalue weighted by molar-refractivity contribution is 7.26. The molecule has 3 heterocycles. The van der Waals surface area contributed by atoms with E-state index in [1.165, 1.54) is 36.9 Å². The van der Waals surface area contributed by atoms with E-state index in [2.05, 4.69) is 146 Å². The molecule has 10 aromatic rings. The molecule has 0 saturated carbocycles. The SMILES string of the molecule is C1=CC(c2ccc(-c3c(-c4ccccc4)ccc4sc5ccccc5c34)c3oc4ccccc4c23)=CC(c2nc(-c3ccccc3)nc(-c3ccccc3)n2)C1. The molecular weight excluding hydrogens is 703 g/mol. The van der Waals surface area contributed by atoms with Crippen LogP contribution < -0.4 is 0 Å². The summed E-state index contributed by atoms with van der Waals surface area (Å²) in [4.78, 5) is 15.2. The van der Waals surface area contributed by atoms with Crippen LogP contribution in [-0.4, -0.2) is 15.0 Å². The summed E-state index contributed by atoms with van der Waals surface area (Å²) in [6.45, 7) is 0. The van der Waals surface area contributed by atoms with Gasteiger partial charge in [-0.25, -0.2) is 15.0 Å². The van der Waals surface area contributed by atoms with Crippen molar-refractivity contribution in [2.45, 2.75) is 12.3 Å². The second kappa shape index (κ2) is 13.4. The van der Waals surface area contributed by atoms with Gasteiger partial charge in [0.15, 0.2) is 11.6 Å². The van der Waals surface area contributed by atoms with Gasteiger partial charge in [0.25, 0.3) is 0 Å². The van der Waals surface area contributed by atoms with Crippen molar-refractivity contribution in [3.8, 4) is 45.0 Å². The Hall–Kier alpha value is -6.95. The number of hydrogen-bond acceptors (Lipinski definition) is 5. The highest BCUT2D eigenvalue weighted by Crippen LogP contribution is 2.49. The first-order chi connectivity index (χ1) is 27.8. The molecule has 0 fully saturated rings. The quantitative estimate of drug-likeness (QED) is 0.171. The Bertz CT molecular complexity index is 3100. The van der Waals surface area contributed by atoms with Crippen molar-refractivity contribution in [2.24, 2.45) is 0 Å². The van der Waals surface area contributed by atoms with Crippen LogP contribution in [-0.2, 0) is 0 Å². The van der Waals surface area contributed by atoms with Gasteiger partial charge in [-0.1, -0.05) is 158 Å². The zero-order chi connectivity index (χ0) is 37.0. The standard InChI is InChI=1S/C51H33N3OS/c1-4-15-32(16-5-1)37-29-30-44-47(40-24-11-13-26-43(40)56-44)45(37)41-28-27-38(46-39-23-10-12-25-42(39)55-48(41)46)35-21-14-22-36(31-35)51-53-49(33-17-6-2-7-18-33)52-50(54-51)34-19-8-3-9-20-34/h1-21,23-31,36H,22H2. The van der Waals surface area contributed by atoms with Crippen LogP contribution >= 0.6 is 11.3 Å². The third-order valence-corrected chi connectivity index (χ3v) is 12.0. The van der Waals surface area contributed by atoms with Crippen molar-refractivity contribution in [1.82, 2.24) is 15.0 Å². The first-order valence-corrected chi connectivity index (χ1v) is 19.8. The predicted octanol–water partition coefficient (Wildman–Crippen LogP) is 13.9.